The molecule has 4 rings (SSSR count). The second-order valence-electron chi connectivity index (χ2n) is 7.32. The van der Waals surface area contributed by atoms with Crippen molar-refractivity contribution in [3.8, 4) is 0 Å². The molecule has 2 N–H and O–H groups in total. The molecule has 1 aliphatic rings. The minimum Gasteiger partial charge on any atom is -0.394 e. The molecule has 1 atom stereocenters. The van der Waals surface area contributed by atoms with Crippen LogP contribution in [-0.4, -0.2) is 50.7 Å². The smallest absolute Gasteiger partial charge is 0.261 e. The number of hydrogen-bond donors (Lipinski definition) is 2. The number of aliphatic hydroxyl groups excluding tert-OH is 1. The van der Waals surface area contributed by atoms with Crippen LogP contribution in [0.3, 0.4) is 0 Å². The summed E-state index contributed by atoms with van der Waals surface area (Å²) in [5.41, 5.74) is 1.72. The number of carbonyl (C=O) groups is 3. The molecule has 0 aliphatic carbocycles. The van der Waals surface area contributed by atoms with Crippen molar-refractivity contribution >= 4 is 28.5 Å². The predicted octanol–water partition coefficient (Wildman–Crippen LogP) is 1.80. The fourth-order valence-electron chi connectivity index (χ4n) is 3.80. The number of hydrogen-bond acceptors (Lipinski definition) is 5. The highest BCUT2D eigenvalue weighted by Crippen LogP contribution is 2.30. The van der Waals surface area contributed by atoms with Crippen LogP contribution in [0.4, 0.5) is 0 Å². The monoisotopic (exact) mass is 406 g/mol. The van der Waals surface area contributed by atoms with E-state index in [9.17, 15) is 19.5 Å². The Morgan fingerprint density at radius 2 is 1.80 bits per heavy atom. The number of nitrogens with one attached hydrogen (secondary N) is 1. The molecule has 1 aromatic heterocycles. The molecule has 3 amide bonds. The van der Waals surface area contributed by atoms with E-state index in [0.717, 1.165) is 5.39 Å². The van der Waals surface area contributed by atoms with Gasteiger partial charge >= 0.3 is 0 Å². The predicted molar refractivity (Wildman–Crippen MR) is 110 cm³/mol. The van der Waals surface area contributed by atoms with Crippen LogP contribution >= 0.6 is 0 Å². The maximum Gasteiger partial charge on any atom is 0.261 e. The van der Waals surface area contributed by atoms with Gasteiger partial charge in [-0.3, -0.25) is 24.0 Å². The Morgan fingerprint density at radius 1 is 1.13 bits per heavy atom. The summed E-state index contributed by atoms with van der Waals surface area (Å²) < 4.78 is 1.59. The molecule has 8 nitrogen and oxygen atoms in total. The highest BCUT2D eigenvalue weighted by molar-refractivity contribution is 6.25. The average Bonchev–Trinajstić information content (AvgIpc) is 3.18. The summed E-state index contributed by atoms with van der Waals surface area (Å²) >= 11 is 0. The molecule has 0 fully saturated rings. The number of amides is 3. The lowest BCUT2D eigenvalue weighted by Crippen LogP contribution is -2.41. The summed E-state index contributed by atoms with van der Waals surface area (Å²) in [6, 6.07) is 10.3. The van der Waals surface area contributed by atoms with E-state index in [1.165, 1.54) is 4.90 Å². The molecule has 1 aliphatic heterocycles. The lowest BCUT2D eigenvalue weighted by Gasteiger charge is -2.27. The fourth-order valence-corrected chi connectivity index (χ4v) is 3.80. The van der Waals surface area contributed by atoms with Crippen molar-refractivity contribution < 1.29 is 19.5 Å². The van der Waals surface area contributed by atoms with Gasteiger partial charge in [-0.15, -0.1) is 0 Å². The maximum absolute atomic E-state index is 12.9. The Morgan fingerprint density at radius 3 is 2.37 bits per heavy atom. The molecule has 8 heteroatoms. The van der Waals surface area contributed by atoms with Crippen LogP contribution in [0, 0.1) is 0 Å². The van der Waals surface area contributed by atoms with E-state index in [2.05, 4.69) is 10.4 Å². The molecular formula is C22H22N4O4. The van der Waals surface area contributed by atoms with E-state index in [1.807, 2.05) is 12.1 Å². The second-order valence-corrected chi connectivity index (χ2v) is 7.32. The first kappa shape index (κ1) is 19.8. The largest absolute Gasteiger partial charge is 0.394 e. The summed E-state index contributed by atoms with van der Waals surface area (Å²) in [5, 5.41) is 17.9. The zero-order chi connectivity index (χ0) is 21.3. The summed E-state index contributed by atoms with van der Waals surface area (Å²) in [4.78, 5) is 39.2. The average molecular weight is 406 g/mol. The highest BCUT2D eigenvalue weighted by atomic mass is 16.3. The quantitative estimate of drug-likeness (QED) is 0.582. The van der Waals surface area contributed by atoms with Gasteiger partial charge in [0.25, 0.3) is 11.8 Å². The van der Waals surface area contributed by atoms with Crippen molar-refractivity contribution in [2.75, 3.05) is 13.2 Å². The second kappa shape index (κ2) is 8.08. The van der Waals surface area contributed by atoms with E-state index in [4.69, 9.17) is 0 Å². The van der Waals surface area contributed by atoms with E-state index in [0.29, 0.717) is 28.5 Å². The number of nitrogens with zero attached hydrogens (tertiary/aromatic N) is 3. The molecule has 30 heavy (non-hydrogen) atoms. The van der Waals surface area contributed by atoms with Gasteiger partial charge in [0.1, 0.15) is 0 Å². The zero-order valence-electron chi connectivity index (χ0n) is 16.5. The number of aromatic nitrogens is 2. The SMILES string of the molecule is Cn1cc(C(CO)NC(=O)CCCN2C(=O)c3cccc4cccc(c34)C2=O)cn1. The molecule has 2 aromatic carbocycles. The number of benzene rings is 2. The van der Waals surface area contributed by atoms with Crippen molar-refractivity contribution in [1.82, 2.24) is 20.0 Å². The molecule has 0 radical (unpaired) electrons. The molecule has 0 saturated carbocycles. The molecule has 2 heterocycles. The van der Waals surface area contributed by atoms with Crippen molar-refractivity contribution in [1.29, 1.82) is 0 Å². The van der Waals surface area contributed by atoms with Gasteiger partial charge in [-0.05, 0) is 23.9 Å². The van der Waals surface area contributed by atoms with Crippen LogP contribution in [0.25, 0.3) is 10.8 Å². The first-order chi connectivity index (χ1) is 14.5. The third kappa shape index (κ3) is 3.57. The molecule has 0 bridgehead atoms. The van der Waals surface area contributed by atoms with Gasteiger partial charge in [-0.2, -0.15) is 5.10 Å². The van der Waals surface area contributed by atoms with Crippen molar-refractivity contribution in [2.45, 2.75) is 18.9 Å². The molecule has 0 saturated heterocycles. The Balaban J connectivity index is 1.40. The van der Waals surface area contributed by atoms with Crippen LogP contribution in [0.15, 0.2) is 48.8 Å². The van der Waals surface area contributed by atoms with E-state index >= 15 is 0 Å². The van der Waals surface area contributed by atoms with Crippen LogP contribution in [0.1, 0.15) is 45.2 Å². The topological polar surface area (TPSA) is 105 Å². The van der Waals surface area contributed by atoms with E-state index < -0.39 is 6.04 Å². The van der Waals surface area contributed by atoms with Crippen LogP contribution in [0.5, 0.6) is 0 Å². The van der Waals surface area contributed by atoms with Gasteiger partial charge in [0.05, 0.1) is 18.8 Å². The van der Waals surface area contributed by atoms with Crippen LogP contribution in [-0.2, 0) is 11.8 Å². The number of aryl methyl sites for hydroxylation is 1. The third-order valence-electron chi connectivity index (χ3n) is 5.29. The number of imide groups is 1. The first-order valence-electron chi connectivity index (χ1n) is 9.76. The molecular weight excluding hydrogens is 384 g/mol. The minimum absolute atomic E-state index is 0.125. The number of rotatable bonds is 7. The lowest BCUT2D eigenvalue weighted by atomic mass is 9.94. The number of carbonyl (C=O) groups excluding carboxylic acids is 3. The van der Waals surface area contributed by atoms with Gasteiger partial charge in [0.15, 0.2) is 0 Å². The van der Waals surface area contributed by atoms with E-state index in [-0.39, 0.29) is 37.3 Å². The molecule has 154 valence electrons. The lowest BCUT2D eigenvalue weighted by molar-refractivity contribution is -0.122. The fraction of sp³-hybridized carbons (Fsp3) is 0.273. The summed E-state index contributed by atoms with van der Waals surface area (Å²) in [5.74, 6) is -0.945. The normalized spacial score (nSPS) is 14.3. The Labute approximate surface area is 173 Å². The van der Waals surface area contributed by atoms with Gasteiger partial charge in [-0.1, -0.05) is 24.3 Å². The maximum atomic E-state index is 12.9. The van der Waals surface area contributed by atoms with Gasteiger partial charge in [0, 0.05) is 48.3 Å². The summed E-state index contributed by atoms with van der Waals surface area (Å²) in [6.45, 7) is -0.103. The van der Waals surface area contributed by atoms with Crippen molar-refractivity contribution in [3.05, 3.63) is 65.5 Å². The van der Waals surface area contributed by atoms with Crippen LogP contribution in [0.2, 0.25) is 0 Å². The summed E-state index contributed by atoms with van der Waals surface area (Å²) in [6.07, 6.45) is 3.76. The molecule has 0 spiro atoms. The van der Waals surface area contributed by atoms with Crippen LogP contribution < -0.4 is 5.32 Å². The highest BCUT2D eigenvalue weighted by Gasteiger charge is 2.32. The van der Waals surface area contributed by atoms with Gasteiger partial charge in [0.2, 0.25) is 5.91 Å². The van der Waals surface area contributed by atoms with Gasteiger partial charge in [-0.25, -0.2) is 0 Å². The minimum atomic E-state index is -0.547. The van der Waals surface area contributed by atoms with E-state index in [1.54, 1.807) is 48.4 Å². The van der Waals surface area contributed by atoms with Crippen molar-refractivity contribution in [3.63, 3.8) is 0 Å². The Kier molecular flexibility index (Phi) is 5.33. The van der Waals surface area contributed by atoms with Gasteiger partial charge < -0.3 is 10.4 Å². The Hall–Kier alpha value is -3.52. The number of aliphatic hydroxyl groups is 1. The molecule has 1 unspecified atom stereocenters. The third-order valence-corrected chi connectivity index (χ3v) is 5.29. The molecule has 3 aromatic rings. The standard InChI is InChI=1S/C22H22N4O4/c1-25-12-15(11-23-25)18(13-27)24-19(28)9-4-10-26-21(29)16-7-2-5-14-6-3-8-17(20(14)16)22(26)30/h2-3,5-8,11-12,18,27H,4,9-10,13H2,1H3,(H,24,28). The van der Waals surface area contributed by atoms with Crippen molar-refractivity contribution in [2.24, 2.45) is 7.05 Å². The first-order valence-corrected chi connectivity index (χ1v) is 9.76. The zero-order valence-corrected chi connectivity index (χ0v) is 16.5. The summed E-state index contributed by atoms with van der Waals surface area (Å²) in [7, 11) is 1.76. The Bertz CT molecular complexity index is 1090.